The van der Waals surface area contributed by atoms with Gasteiger partial charge >= 0.3 is 0 Å². The van der Waals surface area contributed by atoms with Gasteiger partial charge in [0.1, 0.15) is 0 Å². The average Bonchev–Trinajstić information content (AvgIpc) is 2.37. The highest BCUT2D eigenvalue weighted by Gasteiger charge is 2.19. The number of benzene rings is 1. The predicted molar refractivity (Wildman–Crippen MR) is 80.4 cm³/mol. The third-order valence-corrected chi connectivity index (χ3v) is 3.67. The Bertz CT molecular complexity index is 389. The minimum Gasteiger partial charge on any atom is -0.399 e. The third-order valence-electron chi connectivity index (χ3n) is 3.67. The van der Waals surface area contributed by atoms with Crippen molar-refractivity contribution in [2.75, 3.05) is 43.4 Å². The molecule has 0 amide bonds. The van der Waals surface area contributed by atoms with Gasteiger partial charge in [0.05, 0.1) is 5.60 Å². The maximum Gasteiger partial charge on any atom is 0.0603 e. The van der Waals surface area contributed by atoms with E-state index in [1.165, 1.54) is 5.69 Å². The molecule has 1 heterocycles. The molecule has 1 saturated heterocycles. The summed E-state index contributed by atoms with van der Waals surface area (Å²) in [6, 6.07) is 8.08. The van der Waals surface area contributed by atoms with Crippen molar-refractivity contribution in [2.45, 2.75) is 25.9 Å². The number of anilines is 2. The molecular formula is C15H25N3O. The first-order valence-electron chi connectivity index (χ1n) is 6.99. The Balaban J connectivity index is 1.81. The van der Waals surface area contributed by atoms with Gasteiger partial charge < -0.3 is 15.7 Å². The van der Waals surface area contributed by atoms with Gasteiger partial charge in [0, 0.05) is 44.1 Å². The van der Waals surface area contributed by atoms with E-state index >= 15 is 0 Å². The molecule has 106 valence electrons. The number of hydrogen-bond acceptors (Lipinski definition) is 4. The molecule has 4 nitrogen and oxygen atoms in total. The molecular weight excluding hydrogens is 238 g/mol. The molecule has 1 aromatic carbocycles. The van der Waals surface area contributed by atoms with Gasteiger partial charge in [-0.1, -0.05) is 0 Å². The first-order valence-corrected chi connectivity index (χ1v) is 6.99. The largest absolute Gasteiger partial charge is 0.399 e. The third kappa shape index (κ3) is 4.40. The van der Waals surface area contributed by atoms with Gasteiger partial charge in [0.25, 0.3) is 0 Å². The molecule has 2 rings (SSSR count). The van der Waals surface area contributed by atoms with E-state index in [2.05, 4.69) is 21.9 Å². The molecule has 1 aliphatic heterocycles. The molecule has 0 radical (unpaired) electrons. The van der Waals surface area contributed by atoms with Crippen LogP contribution in [0.4, 0.5) is 11.4 Å². The lowest BCUT2D eigenvalue weighted by Crippen LogP contribution is -2.47. The molecule has 1 aromatic rings. The quantitative estimate of drug-likeness (QED) is 0.809. The van der Waals surface area contributed by atoms with Gasteiger partial charge in [-0.25, -0.2) is 0 Å². The number of hydrogen-bond donors (Lipinski definition) is 2. The summed E-state index contributed by atoms with van der Waals surface area (Å²) >= 11 is 0. The van der Waals surface area contributed by atoms with Crippen molar-refractivity contribution in [2.24, 2.45) is 0 Å². The number of rotatable bonds is 4. The molecule has 0 saturated carbocycles. The van der Waals surface area contributed by atoms with Gasteiger partial charge in [0.2, 0.25) is 0 Å². The maximum absolute atomic E-state index is 9.76. The summed E-state index contributed by atoms with van der Waals surface area (Å²) < 4.78 is 0. The molecule has 19 heavy (non-hydrogen) atoms. The number of nitrogens with zero attached hydrogens (tertiary/aromatic N) is 2. The Labute approximate surface area is 115 Å². The van der Waals surface area contributed by atoms with Crippen molar-refractivity contribution >= 4 is 11.4 Å². The average molecular weight is 263 g/mol. The summed E-state index contributed by atoms with van der Waals surface area (Å²) in [4.78, 5) is 4.81. The second-order valence-corrected chi connectivity index (χ2v) is 5.98. The van der Waals surface area contributed by atoms with Gasteiger partial charge in [-0.05, 0) is 44.5 Å². The zero-order valence-corrected chi connectivity index (χ0v) is 12.0. The Kier molecular flexibility index (Phi) is 4.32. The molecule has 1 aliphatic rings. The first kappa shape index (κ1) is 14.2. The summed E-state index contributed by atoms with van der Waals surface area (Å²) in [5.41, 5.74) is 7.21. The minimum atomic E-state index is -0.561. The minimum absolute atomic E-state index is 0.561. The lowest BCUT2D eigenvalue weighted by atomic mass is 10.1. The highest BCUT2D eigenvalue weighted by Crippen LogP contribution is 2.18. The molecule has 4 heteroatoms. The second-order valence-electron chi connectivity index (χ2n) is 5.98. The van der Waals surface area contributed by atoms with Crippen molar-refractivity contribution < 1.29 is 5.11 Å². The fraction of sp³-hybridized carbons (Fsp3) is 0.600. The Hall–Kier alpha value is -1.26. The number of aliphatic hydroxyl groups is 1. The fourth-order valence-corrected chi connectivity index (χ4v) is 2.35. The van der Waals surface area contributed by atoms with E-state index in [4.69, 9.17) is 5.73 Å². The monoisotopic (exact) mass is 263 g/mol. The van der Waals surface area contributed by atoms with Crippen LogP contribution in [0.5, 0.6) is 0 Å². The summed E-state index contributed by atoms with van der Waals surface area (Å²) in [6.45, 7) is 8.90. The fourth-order valence-electron chi connectivity index (χ4n) is 2.35. The molecule has 0 bridgehead atoms. The van der Waals surface area contributed by atoms with E-state index in [0.717, 1.165) is 44.8 Å². The Morgan fingerprint density at radius 3 is 2.21 bits per heavy atom. The zero-order chi connectivity index (χ0) is 13.9. The summed E-state index contributed by atoms with van der Waals surface area (Å²) in [7, 11) is 0. The standard InChI is InChI=1S/C15H25N3O/c1-15(2,19)7-8-17-9-11-18(12-10-17)14-5-3-13(16)4-6-14/h3-6,19H,7-12,16H2,1-2H3. The molecule has 0 aromatic heterocycles. The summed E-state index contributed by atoms with van der Waals surface area (Å²) in [5, 5.41) is 9.76. The van der Waals surface area contributed by atoms with Crippen LogP contribution in [0.25, 0.3) is 0 Å². The predicted octanol–water partition coefficient (Wildman–Crippen LogP) is 1.55. The van der Waals surface area contributed by atoms with E-state index in [1.807, 2.05) is 26.0 Å². The zero-order valence-electron chi connectivity index (χ0n) is 12.0. The highest BCUT2D eigenvalue weighted by atomic mass is 16.3. The molecule has 3 N–H and O–H groups in total. The van der Waals surface area contributed by atoms with E-state index in [0.29, 0.717) is 0 Å². The van der Waals surface area contributed by atoms with Crippen LogP contribution < -0.4 is 10.6 Å². The van der Waals surface area contributed by atoms with E-state index in [9.17, 15) is 5.11 Å². The molecule has 0 atom stereocenters. The van der Waals surface area contributed by atoms with Crippen LogP contribution in [0.3, 0.4) is 0 Å². The number of piperazine rings is 1. The lowest BCUT2D eigenvalue weighted by molar-refractivity contribution is 0.0569. The van der Waals surface area contributed by atoms with Crippen LogP contribution in [-0.2, 0) is 0 Å². The molecule has 0 unspecified atom stereocenters. The lowest BCUT2D eigenvalue weighted by Gasteiger charge is -2.37. The topological polar surface area (TPSA) is 52.7 Å². The van der Waals surface area contributed by atoms with Crippen molar-refractivity contribution in [3.63, 3.8) is 0 Å². The highest BCUT2D eigenvalue weighted by molar-refractivity contribution is 5.53. The second kappa shape index (κ2) is 5.80. The van der Waals surface area contributed by atoms with Crippen LogP contribution in [0.1, 0.15) is 20.3 Å². The molecule has 1 fully saturated rings. The SMILES string of the molecule is CC(C)(O)CCN1CCN(c2ccc(N)cc2)CC1. The number of nitrogens with two attached hydrogens (primary N) is 1. The maximum atomic E-state index is 9.76. The van der Waals surface area contributed by atoms with E-state index in [1.54, 1.807) is 0 Å². The summed E-state index contributed by atoms with van der Waals surface area (Å²) in [5.74, 6) is 0. The molecule has 0 spiro atoms. The molecule has 0 aliphatic carbocycles. The van der Waals surface area contributed by atoms with Crippen LogP contribution in [-0.4, -0.2) is 48.3 Å². The first-order chi connectivity index (χ1) is 8.94. The van der Waals surface area contributed by atoms with E-state index in [-0.39, 0.29) is 0 Å². The van der Waals surface area contributed by atoms with Gasteiger partial charge in [-0.3, -0.25) is 4.90 Å². The Morgan fingerprint density at radius 2 is 1.68 bits per heavy atom. The van der Waals surface area contributed by atoms with Crippen molar-refractivity contribution in [1.82, 2.24) is 4.90 Å². The Morgan fingerprint density at radius 1 is 1.11 bits per heavy atom. The van der Waals surface area contributed by atoms with Crippen molar-refractivity contribution in [3.8, 4) is 0 Å². The smallest absolute Gasteiger partial charge is 0.0603 e. The van der Waals surface area contributed by atoms with Gasteiger partial charge in [0.15, 0.2) is 0 Å². The van der Waals surface area contributed by atoms with Gasteiger partial charge in [-0.15, -0.1) is 0 Å². The van der Waals surface area contributed by atoms with Crippen molar-refractivity contribution in [1.29, 1.82) is 0 Å². The van der Waals surface area contributed by atoms with E-state index < -0.39 is 5.60 Å². The normalized spacial score (nSPS) is 17.7. The van der Waals surface area contributed by atoms with Crippen LogP contribution in [0.15, 0.2) is 24.3 Å². The number of nitrogen functional groups attached to an aromatic ring is 1. The van der Waals surface area contributed by atoms with Gasteiger partial charge in [-0.2, -0.15) is 0 Å². The summed E-state index contributed by atoms with van der Waals surface area (Å²) in [6.07, 6.45) is 0.828. The van der Waals surface area contributed by atoms with Crippen LogP contribution in [0.2, 0.25) is 0 Å². The van der Waals surface area contributed by atoms with Crippen molar-refractivity contribution in [3.05, 3.63) is 24.3 Å². The van der Waals surface area contributed by atoms with Crippen LogP contribution >= 0.6 is 0 Å². The van der Waals surface area contributed by atoms with Crippen LogP contribution in [0, 0.1) is 0 Å².